The van der Waals surface area contributed by atoms with Crippen LogP contribution in [-0.2, 0) is 11.3 Å². The highest BCUT2D eigenvalue weighted by Crippen LogP contribution is 2.28. The summed E-state index contributed by atoms with van der Waals surface area (Å²) in [4.78, 5) is 13.9. The Kier molecular flexibility index (Phi) is 7.26. The summed E-state index contributed by atoms with van der Waals surface area (Å²) in [6.07, 6.45) is 16.7. The second kappa shape index (κ2) is 10.1. The molecule has 1 aliphatic carbocycles. The van der Waals surface area contributed by atoms with Gasteiger partial charge in [0.25, 0.3) is 0 Å². The third-order valence-corrected chi connectivity index (χ3v) is 5.34. The van der Waals surface area contributed by atoms with Crippen LogP contribution in [0.4, 0.5) is 0 Å². The van der Waals surface area contributed by atoms with E-state index in [9.17, 15) is 4.79 Å². The molecular formula is C24H31N3O. The zero-order valence-electron chi connectivity index (χ0n) is 16.9. The number of nitrogens with zero attached hydrogens (tertiary/aromatic N) is 1. The Hall–Kier alpha value is -2.59. The molecule has 1 heterocycles. The first-order valence-corrected chi connectivity index (χ1v) is 10.2. The van der Waals surface area contributed by atoms with Crippen molar-refractivity contribution in [3.8, 4) is 0 Å². The highest BCUT2D eigenvalue weighted by molar-refractivity contribution is 5.91. The third kappa shape index (κ3) is 5.46. The Morgan fingerprint density at radius 3 is 2.71 bits per heavy atom. The van der Waals surface area contributed by atoms with Gasteiger partial charge in [-0.25, -0.2) is 0 Å². The Morgan fingerprint density at radius 2 is 1.96 bits per heavy atom. The lowest BCUT2D eigenvalue weighted by Gasteiger charge is -2.24. The van der Waals surface area contributed by atoms with Crippen molar-refractivity contribution in [3.05, 3.63) is 77.5 Å². The minimum absolute atomic E-state index is 0.0838. The van der Waals surface area contributed by atoms with E-state index in [-0.39, 0.29) is 5.91 Å². The summed E-state index contributed by atoms with van der Waals surface area (Å²) < 4.78 is 0. The van der Waals surface area contributed by atoms with Crippen LogP contribution in [0.3, 0.4) is 0 Å². The third-order valence-electron chi connectivity index (χ3n) is 5.34. The molecule has 2 atom stereocenters. The van der Waals surface area contributed by atoms with Crippen LogP contribution >= 0.6 is 0 Å². The van der Waals surface area contributed by atoms with Gasteiger partial charge in [0.1, 0.15) is 0 Å². The van der Waals surface area contributed by atoms with Crippen LogP contribution in [0.1, 0.15) is 30.9 Å². The van der Waals surface area contributed by atoms with Crippen molar-refractivity contribution in [2.24, 2.45) is 5.92 Å². The van der Waals surface area contributed by atoms with Crippen molar-refractivity contribution in [2.45, 2.75) is 32.4 Å². The van der Waals surface area contributed by atoms with Crippen LogP contribution in [0.15, 0.2) is 66.4 Å². The van der Waals surface area contributed by atoms with Gasteiger partial charge in [-0.05, 0) is 48.4 Å². The smallest absolute Gasteiger partial charge is 0.243 e. The van der Waals surface area contributed by atoms with E-state index in [1.54, 1.807) is 13.1 Å². The van der Waals surface area contributed by atoms with E-state index < -0.39 is 0 Å². The molecule has 0 spiro atoms. The fourth-order valence-corrected chi connectivity index (χ4v) is 3.78. The summed E-state index contributed by atoms with van der Waals surface area (Å²) in [5.41, 5.74) is 3.85. The minimum atomic E-state index is -0.0838. The molecule has 2 N–H and O–H groups in total. The van der Waals surface area contributed by atoms with Gasteiger partial charge in [0.15, 0.2) is 0 Å². The Labute approximate surface area is 168 Å². The summed E-state index contributed by atoms with van der Waals surface area (Å²) in [6, 6.07) is 8.91. The molecule has 1 amide bonds. The number of allylic oxidation sites excluding steroid dienone is 2. The SMILES string of the molecule is CCCN(CCC1=CNC2C=CC=CC12)Cc1ccc(/C=C/C(=O)NC)cc1. The van der Waals surface area contributed by atoms with E-state index in [0.29, 0.717) is 12.0 Å². The van der Waals surface area contributed by atoms with Crippen LogP contribution in [0.2, 0.25) is 0 Å². The average Bonchev–Trinajstić information content (AvgIpc) is 3.14. The normalized spacial score (nSPS) is 20.3. The number of rotatable bonds is 9. The molecule has 0 fully saturated rings. The van der Waals surface area contributed by atoms with Crippen LogP contribution in [0, 0.1) is 5.92 Å². The number of likely N-dealkylation sites (N-methyl/N-ethyl adjacent to an activating group) is 1. The first kappa shape index (κ1) is 20.2. The molecule has 0 bridgehead atoms. The Bertz CT molecular complexity index is 774. The zero-order valence-corrected chi connectivity index (χ0v) is 16.9. The predicted octanol–water partition coefficient (Wildman–Crippen LogP) is 3.65. The van der Waals surface area contributed by atoms with Crippen molar-refractivity contribution in [1.82, 2.24) is 15.5 Å². The van der Waals surface area contributed by atoms with Crippen molar-refractivity contribution in [3.63, 3.8) is 0 Å². The van der Waals surface area contributed by atoms with Gasteiger partial charge in [0, 0.05) is 32.1 Å². The zero-order chi connectivity index (χ0) is 19.8. The lowest BCUT2D eigenvalue weighted by molar-refractivity contribution is -0.115. The van der Waals surface area contributed by atoms with E-state index in [2.05, 4.69) is 77.2 Å². The highest BCUT2D eigenvalue weighted by atomic mass is 16.1. The number of carbonyl (C=O) groups is 1. The van der Waals surface area contributed by atoms with Gasteiger partial charge >= 0.3 is 0 Å². The summed E-state index contributed by atoms with van der Waals surface area (Å²) in [6.45, 7) is 5.36. The second-order valence-electron chi connectivity index (χ2n) is 7.42. The average molecular weight is 378 g/mol. The number of fused-ring (bicyclic) bond motifs is 1. The number of amides is 1. The van der Waals surface area contributed by atoms with E-state index in [1.807, 2.05) is 6.08 Å². The monoisotopic (exact) mass is 377 g/mol. The number of benzene rings is 1. The molecule has 1 aromatic rings. The fraction of sp³-hybridized carbons (Fsp3) is 0.375. The molecule has 0 aromatic heterocycles. The minimum Gasteiger partial charge on any atom is -0.384 e. The number of carbonyl (C=O) groups excluding carboxylic acids is 1. The number of hydrogen-bond donors (Lipinski definition) is 2. The van der Waals surface area contributed by atoms with Crippen LogP contribution in [-0.4, -0.2) is 37.0 Å². The van der Waals surface area contributed by atoms with Gasteiger partial charge in [-0.1, -0.05) is 55.5 Å². The maximum absolute atomic E-state index is 11.3. The number of hydrogen-bond acceptors (Lipinski definition) is 3. The first-order valence-electron chi connectivity index (χ1n) is 10.2. The van der Waals surface area contributed by atoms with Gasteiger partial charge in [-0.2, -0.15) is 0 Å². The molecule has 148 valence electrons. The highest BCUT2D eigenvalue weighted by Gasteiger charge is 2.26. The lowest BCUT2D eigenvalue weighted by atomic mass is 9.89. The Morgan fingerprint density at radius 1 is 1.18 bits per heavy atom. The van der Waals surface area contributed by atoms with Crippen molar-refractivity contribution in [2.75, 3.05) is 20.1 Å². The molecular weight excluding hydrogens is 346 g/mol. The topological polar surface area (TPSA) is 44.4 Å². The van der Waals surface area contributed by atoms with Gasteiger partial charge in [0.05, 0.1) is 6.04 Å². The molecule has 2 aliphatic rings. The molecule has 3 rings (SSSR count). The largest absolute Gasteiger partial charge is 0.384 e. The summed E-state index contributed by atoms with van der Waals surface area (Å²) in [5.74, 6) is 0.430. The standard InChI is InChI=1S/C24H31N3O/c1-3-15-27(16-14-21-17-26-23-7-5-4-6-22(21)23)18-20-10-8-19(9-11-20)12-13-24(28)25-2/h4-13,17,22-23,26H,3,14-16,18H2,1-2H3,(H,25,28)/b13-12+. The van der Waals surface area contributed by atoms with Gasteiger partial charge in [-0.3, -0.25) is 9.69 Å². The Balaban J connectivity index is 1.54. The molecule has 0 radical (unpaired) electrons. The molecule has 2 unspecified atom stereocenters. The van der Waals surface area contributed by atoms with Gasteiger partial charge in [0.2, 0.25) is 5.91 Å². The lowest BCUT2D eigenvalue weighted by Crippen LogP contribution is -2.28. The van der Waals surface area contributed by atoms with E-state index in [4.69, 9.17) is 0 Å². The molecule has 1 aromatic carbocycles. The molecule has 0 saturated carbocycles. The molecule has 28 heavy (non-hydrogen) atoms. The molecule has 4 nitrogen and oxygen atoms in total. The van der Waals surface area contributed by atoms with E-state index in [0.717, 1.165) is 38.0 Å². The van der Waals surface area contributed by atoms with E-state index >= 15 is 0 Å². The predicted molar refractivity (Wildman–Crippen MR) is 117 cm³/mol. The quantitative estimate of drug-likeness (QED) is 0.646. The molecule has 4 heteroatoms. The summed E-state index contributed by atoms with van der Waals surface area (Å²) in [7, 11) is 1.64. The first-order chi connectivity index (χ1) is 13.7. The summed E-state index contributed by atoms with van der Waals surface area (Å²) >= 11 is 0. The summed E-state index contributed by atoms with van der Waals surface area (Å²) in [5, 5.41) is 6.08. The van der Waals surface area contributed by atoms with E-state index in [1.165, 1.54) is 11.1 Å². The molecule has 0 saturated heterocycles. The van der Waals surface area contributed by atoms with Crippen molar-refractivity contribution < 1.29 is 4.79 Å². The van der Waals surface area contributed by atoms with Crippen LogP contribution in [0.25, 0.3) is 6.08 Å². The maximum atomic E-state index is 11.3. The van der Waals surface area contributed by atoms with Crippen molar-refractivity contribution in [1.29, 1.82) is 0 Å². The van der Waals surface area contributed by atoms with Gasteiger partial charge < -0.3 is 10.6 Å². The van der Waals surface area contributed by atoms with Crippen molar-refractivity contribution >= 4 is 12.0 Å². The second-order valence-corrected chi connectivity index (χ2v) is 7.42. The van der Waals surface area contributed by atoms with Crippen LogP contribution < -0.4 is 10.6 Å². The van der Waals surface area contributed by atoms with Crippen LogP contribution in [0.5, 0.6) is 0 Å². The van der Waals surface area contributed by atoms with Gasteiger partial charge in [-0.15, -0.1) is 0 Å². The maximum Gasteiger partial charge on any atom is 0.243 e. The molecule has 1 aliphatic heterocycles. The number of nitrogens with one attached hydrogen (secondary N) is 2. The fourth-order valence-electron chi connectivity index (χ4n) is 3.78.